The molecule has 0 spiro atoms. The Morgan fingerprint density at radius 3 is 2.46 bits per heavy atom. The van der Waals surface area contributed by atoms with E-state index in [0.717, 1.165) is 6.26 Å². The van der Waals surface area contributed by atoms with Crippen LogP contribution in [0.2, 0.25) is 5.15 Å². The van der Waals surface area contributed by atoms with E-state index < -0.39 is 9.84 Å². The molecule has 4 rings (SSSR count). The molecule has 0 aliphatic heterocycles. The molecule has 0 saturated carbocycles. The average molecular weight is 418 g/mol. The van der Waals surface area contributed by atoms with Gasteiger partial charge in [0.25, 0.3) is 0 Å². The van der Waals surface area contributed by atoms with Crippen molar-refractivity contribution in [1.82, 2.24) is 24.3 Å². The number of hydrogen-bond donors (Lipinski definition) is 0. The Kier molecular flexibility index (Phi) is 4.35. The molecule has 0 unspecified atom stereocenters. The summed E-state index contributed by atoms with van der Waals surface area (Å²) in [5.41, 5.74) is 3.07. The molecule has 1 aromatic carbocycles. The standard InChI is InChI=1S/C18H13ClFN5O2S/c1-10-17-24-15(11-3-5-12(20)6-4-11)16(25(17)9-14(19)22-10)13-7-8-21-18(23-13)28(2,26)27/h3-9H,1-2H3. The van der Waals surface area contributed by atoms with E-state index in [1.54, 1.807) is 35.7 Å². The number of nitrogens with zero attached hydrogens (tertiary/aromatic N) is 5. The number of aromatic nitrogens is 5. The van der Waals surface area contributed by atoms with Gasteiger partial charge in [-0.2, -0.15) is 0 Å². The second-order valence-electron chi connectivity index (χ2n) is 6.16. The van der Waals surface area contributed by atoms with Crippen molar-refractivity contribution in [2.75, 3.05) is 6.26 Å². The second-order valence-corrected chi connectivity index (χ2v) is 8.45. The predicted molar refractivity (Wildman–Crippen MR) is 102 cm³/mol. The fourth-order valence-electron chi connectivity index (χ4n) is 2.86. The Bertz CT molecular complexity index is 1320. The van der Waals surface area contributed by atoms with Crippen LogP contribution >= 0.6 is 11.6 Å². The van der Waals surface area contributed by atoms with Gasteiger partial charge < -0.3 is 0 Å². The molecule has 0 fully saturated rings. The highest BCUT2D eigenvalue weighted by molar-refractivity contribution is 7.90. The zero-order chi connectivity index (χ0) is 20.1. The molecule has 4 aromatic rings. The average Bonchev–Trinajstić information content (AvgIpc) is 3.01. The lowest BCUT2D eigenvalue weighted by molar-refractivity contribution is 0.593. The smallest absolute Gasteiger partial charge is 0.247 e. The summed E-state index contributed by atoms with van der Waals surface area (Å²) in [4.78, 5) is 16.9. The van der Waals surface area contributed by atoms with E-state index in [4.69, 9.17) is 11.6 Å². The summed E-state index contributed by atoms with van der Waals surface area (Å²) >= 11 is 6.13. The highest BCUT2D eigenvalue weighted by Gasteiger charge is 2.21. The summed E-state index contributed by atoms with van der Waals surface area (Å²) in [6.45, 7) is 1.76. The van der Waals surface area contributed by atoms with E-state index in [9.17, 15) is 12.8 Å². The van der Waals surface area contributed by atoms with Crippen LogP contribution in [0.25, 0.3) is 28.3 Å². The number of rotatable bonds is 3. The van der Waals surface area contributed by atoms with Crippen LogP contribution in [0, 0.1) is 12.7 Å². The Hall–Kier alpha value is -2.91. The van der Waals surface area contributed by atoms with Crippen molar-refractivity contribution in [3.8, 4) is 22.6 Å². The van der Waals surface area contributed by atoms with Crippen molar-refractivity contribution in [3.05, 3.63) is 59.4 Å². The van der Waals surface area contributed by atoms with Crippen molar-refractivity contribution >= 4 is 27.1 Å². The quantitative estimate of drug-likeness (QED) is 0.475. The SMILES string of the molecule is Cc1nc(Cl)cn2c(-c3ccnc(S(C)(=O)=O)n3)c(-c3ccc(F)cc3)nc12. The zero-order valence-electron chi connectivity index (χ0n) is 14.8. The number of sulfone groups is 1. The van der Waals surface area contributed by atoms with E-state index in [-0.39, 0.29) is 16.1 Å². The van der Waals surface area contributed by atoms with Crippen LogP contribution in [-0.2, 0) is 9.84 Å². The van der Waals surface area contributed by atoms with Crippen LogP contribution < -0.4 is 0 Å². The lowest BCUT2D eigenvalue weighted by Crippen LogP contribution is -2.05. The van der Waals surface area contributed by atoms with Crippen LogP contribution in [0.5, 0.6) is 0 Å². The molecule has 0 aliphatic carbocycles. The van der Waals surface area contributed by atoms with Gasteiger partial charge in [0, 0.05) is 24.2 Å². The Labute approximate surface area is 164 Å². The first kappa shape index (κ1) is 18.5. The van der Waals surface area contributed by atoms with Gasteiger partial charge in [0.1, 0.15) is 11.0 Å². The van der Waals surface area contributed by atoms with Gasteiger partial charge in [-0.05, 0) is 37.3 Å². The van der Waals surface area contributed by atoms with Crippen molar-refractivity contribution in [1.29, 1.82) is 0 Å². The number of aryl methyl sites for hydroxylation is 1. The van der Waals surface area contributed by atoms with E-state index in [1.165, 1.54) is 18.3 Å². The molecular weight excluding hydrogens is 405 g/mol. The van der Waals surface area contributed by atoms with Gasteiger partial charge in [0.2, 0.25) is 15.0 Å². The molecule has 0 bridgehead atoms. The lowest BCUT2D eigenvalue weighted by Gasteiger charge is -2.07. The van der Waals surface area contributed by atoms with Gasteiger partial charge in [0.15, 0.2) is 5.65 Å². The maximum absolute atomic E-state index is 13.4. The third-order valence-corrected chi connectivity index (χ3v) is 5.11. The van der Waals surface area contributed by atoms with Crippen LogP contribution in [0.1, 0.15) is 5.69 Å². The third kappa shape index (κ3) is 3.23. The Morgan fingerprint density at radius 2 is 1.79 bits per heavy atom. The van der Waals surface area contributed by atoms with E-state index >= 15 is 0 Å². The maximum atomic E-state index is 13.4. The predicted octanol–water partition coefficient (Wildman–Crippen LogP) is 3.36. The fraction of sp³-hybridized carbons (Fsp3) is 0.111. The van der Waals surface area contributed by atoms with Gasteiger partial charge in [-0.1, -0.05) is 11.6 Å². The molecule has 0 N–H and O–H groups in total. The van der Waals surface area contributed by atoms with Crippen molar-refractivity contribution < 1.29 is 12.8 Å². The minimum atomic E-state index is -3.61. The van der Waals surface area contributed by atoms with Crippen LogP contribution in [0.15, 0.2) is 47.9 Å². The number of hydrogen-bond acceptors (Lipinski definition) is 6. The Morgan fingerprint density at radius 1 is 1.07 bits per heavy atom. The monoisotopic (exact) mass is 417 g/mol. The summed E-state index contributed by atoms with van der Waals surface area (Å²) in [6.07, 6.45) is 3.97. The minimum Gasteiger partial charge on any atom is -0.293 e. The summed E-state index contributed by atoms with van der Waals surface area (Å²) < 4.78 is 38.9. The van der Waals surface area contributed by atoms with E-state index in [1.807, 2.05) is 0 Å². The van der Waals surface area contributed by atoms with E-state index in [2.05, 4.69) is 19.9 Å². The first-order valence-electron chi connectivity index (χ1n) is 8.08. The van der Waals surface area contributed by atoms with Crippen LogP contribution in [-0.4, -0.2) is 39.0 Å². The van der Waals surface area contributed by atoms with Crippen LogP contribution in [0.4, 0.5) is 4.39 Å². The first-order chi connectivity index (χ1) is 13.2. The topological polar surface area (TPSA) is 90.1 Å². The van der Waals surface area contributed by atoms with Gasteiger partial charge in [-0.15, -0.1) is 0 Å². The molecule has 7 nitrogen and oxygen atoms in total. The number of fused-ring (bicyclic) bond motifs is 1. The van der Waals surface area contributed by atoms with Gasteiger partial charge in [-0.25, -0.2) is 32.7 Å². The molecule has 28 heavy (non-hydrogen) atoms. The zero-order valence-corrected chi connectivity index (χ0v) is 16.3. The molecular formula is C18H13ClFN5O2S. The van der Waals surface area contributed by atoms with E-state index in [0.29, 0.717) is 34.0 Å². The molecule has 0 aliphatic rings. The first-order valence-corrected chi connectivity index (χ1v) is 10.4. The van der Waals surface area contributed by atoms with Gasteiger partial charge in [-0.3, -0.25) is 4.40 Å². The summed E-state index contributed by atoms with van der Waals surface area (Å²) in [6, 6.07) is 7.40. The molecule has 10 heteroatoms. The normalized spacial score (nSPS) is 11.9. The van der Waals surface area contributed by atoms with Crippen LogP contribution in [0.3, 0.4) is 0 Å². The minimum absolute atomic E-state index is 0.242. The molecule has 0 radical (unpaired) electrons. The molecule has 3 heterocycles. The summed E-state index contributed by atoms with van der Waals surface area (Å²) in [5.74, 6) is -0.378. The maximum Gasteiger partial charge on any atom is 0.247 e. The third-order valence-electron chi connectivity index (χ3n) is 4.07. The lowest BCUT2D eigenvalue weighted by atomic mass is 10.1. The van der Waals surface area contributed by atoms with Gasteiger partial charge >= 0.3 is 0 Å². The summed E-state index contributed by atoms with van der Waals surface area (Å²) in [5, 5.41) is -0.0615. The van der Waals surface area contributed by atoms with Gasteiger partial charge in [0.05, 0.1) is 22.8 Å². The molecule has 0 saturated heterocycles. The van der Waals surface area contributed by atoms with Crippen molar-refractivity contribution in [2.45, 2.75) is 12.1 Å². The highest BCUT2D eigenvalue weighted by Crippen LogP contribution is 2.33. The second kappa shape index (κ2) is 6.61. The molecule has 3 aromatic heterocycles. The Balaban J connectivity index is 2.09. The van der Waals surface area contributed by atoms with Crippen molar-refractivity contribution in [3.63, 3.8) is 0 Å². The molecule has 0 atom stereocenters. The summed E-state index contributed by atoms with van der Waals surface area (Å²) in [7, 11) is -3.61. The number of halogens is 2. The number of imidazole rings is 1. The fourth-order valence-corrected chi connectivity index (χ4v) is 3.61. The number of benzene rings is 1. The van der Waals surface area contributed by atoms with Crippen molar-refractivity contribution in [2.24, 2.45) is 0 Å². The molecule has 0 amide bonds. The largest absolute Gasteiger partial charge is 0.293 e. The molecule has 142 valence electrons. The highest BCUT2D eigenvalue weighted by atomic mass is 35.5.